The molecule has 0 saturated heterocycles. The van der Waals surface area contributed by atoms with Gasteiger partial charge in [0.1, 0.15) is 17.1 Å². The Bertz CT molecular complexity index is 1290. The highest BCUT2D eigenvalue weighted by molar-refractivity contribution is 6.13. The second kappa shape index (κ2) is 6.99. The number of ether oxygens (including phenoxy) is 1. The van der Waals surface area contributed by atoms with E-state index in [0.29, 0.717) is 22.6 Å². The van der Waals surface area contributed by atoms with E-state index < -0.39 is 0 Å². The number of benzene rings is 2. The molecule has 0 radical (unpaired) electrons. The summed E-state index contributed by atoms with van der Waals surface area (Å²) in [5.74, 6) is 1.29. The van der Waals surface area contributed by atoms with E-state index >= 15 is 0 Å². The summed E-state index contributed by atoms with van der Waals surface area (Å²) < 4.78 is 7.52. The van der Waals surface area contributed by atoms with Gasteiger partial charge >= 0.3 is 0 Å². The second-order valence-electron chi connectivity index (χ2n) is 7.72. The predicted octanol–water partition coefficient (Wildman–Crippen LogP) is 4.88. The normalized spacial score (nSPS) is 13.5. The fourth-order valence-corrected chi connectivity index (χ4v) is 3.68. The van der Waals surface area contributed by atoms with Crippen molar-refractivity contribution in [3.63, 3.8) is 0 Å². The molecule has 2 heterocycles. The number of hydrogen-bond acceptors (Lipinski definition) is 5. The molecule has 1 saturated carbocycles. The number of hydrogen-bond donors (Lipinski definition) is 1. The molecule has 0 atom stereocenters. The number of nitrogens with zero attached hydrogens (tertiary/aromatic N) is 3. The van der Waals surface area contributed by atoms with Crippen LogP contribution in [0.3, 0.4) is 0 Å². The van der Waals surface area contributed by atoms with E-state index in [1.54, 1.807) is 37.5 Å². The smallest absolute Gasteiger partial charge is 0.220 e. The molecule has 6 heteroatoms. The lowest BCUT2D eigenvalue weighted by Gasteiger charge is -2.11. The van der Waals surface area contributed by atoms with Crippen LogP contribution >= 0.6 is 0 Å². The number of pyridine rings is 1. The first kappa shape index (κ1) is 18.4. The molecule has 30 heavy (non-hydrogen) atoms. The highest BCUT2D eigenvalue weighted by Gasteiger charge is 2.34. The molecule has 0 aliphatic heterocycles. The van der Waals surface area contributed by atoms with Crippen molar-refractivity contribution in [2.45, 2.75) is 25.7 Å². The Morgan fingerprint density at radius 2 is 1.93 bits per heavy atom. The van der Waals surface area contributed by atoms with Crippen molar-refractivity contribution >= 4 is 16.7 Å². The van der Waals surface area contributed by atoms with Gasteiger partial charge in [0.05, 0.1) is 11.2 Å². The minimum absolute atomic E-state index is 0.0930. The van der Waals surface area contributed by atoms with Crippen LogP contribution in [0.4, 0.5) is 0 Å². The molecule has 2 aromatic heterocycles. The summed E-state index contributed by atoms with van der Waals surface area (Å²) in [6.07, 6.45) is 3.68. The topological polar surface area (TPSA) is 77.2 Å². The van der Waals surface area contributed by atoms with E-state index in [0.717, 1.165) is 35.1 Å². The number of para-hydroxylation sites is 1. The van der Waals surface area contributed by atoms with E-state index in [-0.39, 0.29) is 17.6 Å². The molecule has 0 spiro atoms. The summed E-state index contributed by atoms with van der Waals surface area (Å²) in [5.41, 5.74) is 3.20. The molecule has 1 N–H and O–H groups in total. The number of carbonyl (C=O) groups excluding carboxylic acids is 1. The van der Waals surface area contributed by atoms with Crippen LogP contribution in [-0.4, -0.2) is 25.7 Å². The van der Waals surface area contributed by atoms with Gasteiger partial charge in [0.25, 0.3) is 0 Å². The Hall–Kier alpha value is -3.67. The van der Waals surface area contributed by atoms with Crippen LogP contribution in [0.2, 0.25) is 0 Å². The summed E-state index contributed by atoms with van der Waals surface area (Å²) in [4.78, 5) is 17.7. The minimum Gasteiger partial charge on any atom is -0.493 e. The number of carbonyl (C=O) groups is 1. The van der Waals surface area contributed by atoms with Gasteiger partial charge in [0.2, 0.25) is 5.88 Å². The fraction of sp³-hybridized carbons (Fsp3) is 0.208. The Labute approximate surface area is 173 Å². The zero-order chi connectivity index (χ0) is 20.8. The van der Waals surface area contributed by atoms with E-state index in [4.69, 9.17) is 4.74 Å². The van der Waals surface area contributed by atoms with Crippen molar-refractivity contribution in [3.05, 3.63) is 77.1 Å². The second-order valence-corrected chi connectivity index (χ2v) is 7.72. The van der Waals surface area contributed by atoms with Crippen LogP contribution in [0.1, 0.15) is 45.9 Å². The van der Waals surface area contributed by atoms with Crippen molar-refractivity contribution in [1.82, 2.24) is 14.8 Å². The number of fused-ring (bicyclic) bond motifs is 1. The van der Waals surface area contributed by atoms with Crippen LogP contribution in [0.25, 0.3) is 10.9 Å². The Morgan fingerprint density at radius 3 is 2.70 bits per heavy atom. The molecule has 5 rings (SSSR count). The van der Waals surface area contributed by atoms with E-state index in [1.165, 1.54) is 4.68 Å². The Morgan fingerprint density at radius 1 is 1.13 bits per heavy atom. The minimum atomic E-state index is -0.241. The summed E-state index contributed by atoms with van der Waals surface area (Å²) in [7, 11) is 1.65. The van der Waals surface area contributed by atoms with Gasteiger partial charge in [-0.15, -0.1) is 0 Å². The zero-order valence-corrected chi connectivity index (χ0v) is 16.8. The molecule has 2 aromatic carbocycles. The van der Waals surface area contributed by atoms with Crippen molar-refractivity contribution in [3.8, 4) is 17.4 Å². The first-order valence-electron chi connectivity index (χ1n) is 9.95. The van der Waals surface area contributed by atoms with Gasteiger partial charge in [-0.05, 0) is 55.7 Å². The molecular weight excluding hydrogens is 378 g/mol. The van der Waals surface area contributed by atoms with Crippen LogP contribution in [0, 0.1) is 6.92 Å². The molecule has 4 aromatic rings. The molecule has 1 aliphatic rings. The Kier molecular flexibility index (Phi) is 4.28. The first-order valence-corrected chi connectivity index (χ1v) is 9.95. The third kappa shape index (κ3) is 3.10. The maximum Gasteiger partial charge on any atom is 0.220 e. The zero-order valence-electron chi connectivity index (χ0n) is 16.8. The van der Waals surface area contributed by atoms with E-state index in [1.807, 2.05) is 31.2 Å². The van der Waals surface area contributed by atoms with E-state index in [2.05, 4.69) is 10.1 Å². The third-order valence-electron chi connectivity index (χ3n) is 5.51. The molecule has 1 aliphatic carbocycles. The molecular formula is C24H21N3O3. The number of aromatic hydroxyl groups is 1. The van der Waals surface area contributed by atoms with Crippen LogP contribution in [-0.2, 0) is 7.05 Å². The predicted molar refractivity (Wildman–Crippen MR) is 113 cm³/mol. The van der Waals surface area contributed by atoms with Crippen LogP contribution in [0.15, 0.2) is 54.7 Å². The summed E-state index contributed by atoms with van der Waals surface area (Å²) in [6, 6.07) is 14.9. The molecule has 0 amide bonds. The number of ketones is 1. The van der Waals surface area contributed by atoms with Gasteiger partial charge in [0, 0.05) is 30.1 Å². The van der Waals surface area contributed by atoms with Gasteiger partial charge < -0.3 is 9.84 Å². The number of aromatic nitrogens is 3. The summed E-state index contributed by atoms with van der Waals surface area (Å²) >= 11 is 0. The maximum absolute atomic E-state index is 13.3. The average Bonchev–Trinajstić information content (AvgIpc) is 3.55. The lowest BCUT2D eigenvalue weighted by Crippen LogP contribution is -2.04. The molecule has 6 nitrogen and oxygen atoms in total. The van der Waals surface area contributed by atoms with Crippen LogP contribution < -0.4 is 4.74 Å². The number of rotatable bonds is 5. The molecule has 150 valence electrons. The van der Waals surface area contributed by atoms with Crippen LogP contribution in [0.5, 0.6) is 17.4 Å². The van der Waals surface area contributed by atoms with Gasteiger partial charge in [-0.1, -0.05) is 18.2 Å². The summed E-state index contributed by atoms with van der Waals surface area (Å²) in [6.45, 7) is 1.98. The highest BCUT2D eigenvalue weighted by Crippen LogP contribution is 2.43. The largest absolute Gasteiger partial charge is 0.493 e. The average molecular weight is 399 g/mol. The van der Waals surface area contributed by atoms with Gasteiger partial charge in [0.15, 0.2) is 5.78 Å². The summed E-state index contributed by atoms with van der Waals surface area (Å²) in [5, 5.41) is 15.6. The highest BCUT2D eigenvalue weighted by atomic mass is 16.5. The standard InChI is InChI=1S/C24H21N3O3/c1-14-5-3-4-6-19(14)30-20-11-12-25-18-10-9-16(13-17(18)20)23(28)21-22(15-7-8-15)26-27(2)24(21)29/h3-6,9-13,15,29H,7-8H2,1-2H3. The lowest BCUT2D eigenvalue weighted by molar-refractivity contribution is 0.103. The monoisotopic (exact) mass is 399 g/mol. The third-order valence-corrected chi connectivity index (χ3v) is 5.51. The van der Waals surface area contributed by atoms with Crippen molar-refractivity contribution in [2.75, 3.05) is 0 Å². The molecule has 1 fully saturated rings. The maximum atomic E-state index is 13.3. The van der Waals surface area contributed by atoms with Crippen molar-refractivity contribution in [1.29, 1.82) is 0 Å². The fourth-order valence-electron chi connectivity index (χ4n) is 3.68. The lowest BCUT2D eigenvalue weighted by atomic mass is 9.99. The number of aryl methyl sites for hydroxylation is 2. The first-order chi connectivity index (χ1) is 14.5. The SMILES string of the molecule is Cc1ccccc1Oc1ccnc2ccc(C(=O)c3c(C4CC4)nn(C)c3O)cc12. The molecule has 0 unspecified atom stereocenters. The van der Waals surface area contributed by atoms with Gasteiger partial charge in [-0.3, -0.25) is 9.78 Å². The van der Waals surface area contributed by atoms with Gasteiger partial charge in [-0.2, -0.15) is 5.10 Å². The van der Waals surface area contributed by atoms with Crippen molar-refractivity contribution in [2.24, 2.45) is 7.05 Å². The van der Waals surface area contributed by atoms with Crippen molar-refractivity contribution < 1.29 is 14.6 Å². The van der Waals surface area contributed by atoms with Gasteiger partial charge in [-0.25, -0.2) is 4.68 Å². The molecule has 0 bridgehead atoms. The quantitative estimate of drug-likeness (QED) is 0.484. The Balaban J connectivity index is 1.58. The van der Waals surface area contributed by atoms with E-state index in [9.17, 15) is 9.90 Å².